The molecule has 7 heteroatoms. The fourth-order valence-corrected chi connectivity index (χ4v) is 4.77. The number of hydrogen-bond donors (Lipinski definition) is 2. The highest BCUT2D eigenvalue weighted by molar-refractivity contribution is 7.89. The fourth-order valence-electron chi connectivity index (χ4n) is 2.36. The van der Waals surface area contributed by atoms with Crippen LogP contribution in [-0.4, -0.2) is 8.42 Å². The highest BCUT2D eigenvalue weighted by atomic mass is 35.5. The lowest BCUT2D eigenvalue weighted by molar-refractivity contribution is 0.568. The first-order valence-electron chi connectivity index (χ1n) is 6.56. The Hall–Kier alpha value is -0.920. The summed E-state index contributed by atoms with van der Waals surface area (Å²) in [5.74, 6) is 0. The van der Waals surface area contributed by atoms with Crippen molar-refractivity contribution in [3.05, 3.63) is 50.7 Å². The highest BCUT2D eigenvalue weighted by Gasteiger charge is 2.21. The molecule has 0 spiro atoms. The Morgan fingerprint density at radius 1 is 1.24 bits per heavy atom. The molecule has 0 saturated carbocycles. The van der Waals surface area contributed by atoms with Crippen LogP contribution in [0.25, 0.3) is 0 Å². The molecule has 1 aromatic heterocycles. The number of hydrogen-bond acceptors (Lipinski definition) is 4. The van der Waals surface area contributed by atoms with Crippen LogP contribution in [0, 0.1) is 0 Å². The van der Waals surface area contributed by atoms with E-state index in [0.29, 0.717) is 9.23 Å². The summed E-state index contributed by atoms with van der Waals surface area (Å²) in [7, 11) is -3.53. The van der Waals surface area contributed by atoms with Crippen LogP contribution in [0.5, 0.6) is 0 Å². The molecule has 4 nitrogen and oxygen atoms in total. The number of fused-ring (bicyclic) bond motifs is 1. The van der Waals surface area contributed by atoms with Gasteiger partial charge in [-0.1, -0.05) is 17.7 Å². The lowest BCUT2D eigenvalue weighted by atomic mass is 10.1. The van der Waals surface area contributed by atoms with Gasteiger partial charge in [0.15, 0.2) is 0 Å². The van der Waals surface area contributed by atoms with Crippen LogP contribution >= 0.6 is 22.9 Å². The second-order valence-corrected chi connectivity index (χ2v) is 8.48. The van der Waals surface area contributed by atoms with Crippen molar-refractivity contribution < 1.29 is 8.42 Å². The van der Waals surface area contributed by atoms with E-state index >= 15 is 0 Å². The molecule has 3 rings (SSSR count). The van der Waals surface area contributed by atoms with E-state index in [1.54, 1.807) is 18.2 Å². The summed E-state index contributed by atoms with van der Waals surface area (Å²) < 4.78 is 28.3. The van der Waals surface area contributed by atoms with E-state index in [9.17, 15) is 8.42 Å². The molecule has 21 heavy (non-hydrogen) atoms. The molecule has 1 unspecified atom stereocenters. The van der Waals surface area contributed by atoms with Crippen LogP contribution < -0.4 is 10.0 Å². The average molecular weight is 343 g/mol. The Morgan fingerprint density at radius 2 is 2.00 bits per heavy atom. The molecule has 2 heterocycles. The van der Waals surface area contributed by atoms with E-state index in [-0.39, 0.29) is 6.04 Å². The van der Waals surface area contributed by atoms with Gasteiger partial charge in [0.1, 0.15) is 0 Å². The second-order valence-electron chi connectivity index (χ2n) is 5.02. The normalized spacial score (nSPS) is 15.9. The van der Waals surface area contributed by atoms with Crippen molar-refractivity contribution in [1.82, 2.24) is 10.0 Å². The van der Waals surface area contributed by atoms with Crippen molar-refractivity contribution in [2.45, 2.75) is 31.0 Å². The Bertz CT molecular complexity index is 771. The zero-order valence-corrected chi connectivity index (χ0v) is 13.8. The molecule has 1 aliphatic heterocycles. The summed E-state index contributed by atoms with van der Waals surface area (Å²) in [5, 5.41) is 3.21. The van der Waals surface area contributed by atoms with Crippen LogP contribution in [0.2, 0.25) is 4.34 Å². The molecule has 0 fully saturated rings. The first kappa shape index (κ1) is 15.0. The Balaban J connectivity index is 1.83. The zero-order valence-electron chi connectivity index (χ0n) is 11.4. The second kappa shape index (κ2) is 5.70. The number of sulfonamides is 1. The van der Waals surface area contributed by atoms with Gasteiger partial charge in [0, 0.05) is 18.0 Å². The molecule has 0 aliphatic carbocycles. The minimum Gasteiger partial charge on any atom is -0.309 e. The van der Waals surface area contributed by atoms with Crippen LogP contribution in [0.3, 0.4) is 0 Å². The third-order valence-electron chi connectivity index (χ3n) is 3.47. The van der Waals surface area contributed by atoms with Gasteiger partial charge in [0.2, 0.25) is 10.0 Å². The maximum Gasteiger partial charge on any atom is 0.241 e. The lowest BCUT2D eigenvalue weighted by Gasteiger charge is -2.13. The molecule has 112 valence electrons. The molecular formula is C14H15ClN2O2S2. The molecule has 0 amide bonds. The molecular weight excluding hydrogens is 328 g/mol. The topological polar surface area (TPSA) is 58.2 Å². The average Bonchev–Trinajstić information content (AvgIpc) is 3.05. The third kappa shape index (κ3) is 3.14. The molecule has 1 aromatic carbocycles. The summed E-state index contributed by atoms with van der Waals surface area (Å²) in [6, 6.07) is 8.57. The third-order valence-corrected chi connectivity index (χ3v) is 6.42. The highest BCUT2D eigenvalue weighted by Crippen LogP contribution is 2.28. The van der Waals surface area contributed by atoms with E-state index in [4.69, 9.17) is 11.6 Å². The summed E-state index contributed by atoms with van der Waals surface area (Å²) in [5.41, 5.74) is 2.21. The first-order valence-corrected chi connectivity index (χ1v) is 9.23. The maximum atomic E-state index is 12.5. The van der Waals surface area contributed by atoms with Crippen LogP contribution in [0.1, 0.15) is 29.0 Å². The summed E-state index contributed by atoms with van der Waals surface area (Å²) in [6.07, 6.45) is 0. The van der Waals surface area contributed by atoms with Gasteiger partial charge in [-0.15, -0.1) is 11.3 Å². The van der Waals surface area contributed by atoms with E-state index in [1.807, 2.05) is 19.1 Å². The summed E-state index contributed by atoms with van der Waals surface area (Å²) in [4.78, 5) is 1.20. The van der Waals surface area contributed by atoms with E-state index < -0.39 is 10.0 Å². The fraction of sp³-hybridized carbons (Fsp3) is 0.286. The Labute approximate surface area is 133 Å². The van der Waals surface area contributed by atoms with Crippen molar-refractivity contribution >= 4 is 33.0 Å². The quantitative estimate of drug-likeness (QED) is 0.897. The largest absolute Gasteiger partial charge is 0.309 e. The van der Waals surface area contributed by atoms with Gasteiger partial charge in [0.25, 0.3) is 0 Å². The molecule has 0 bridgehead atoms. The van der Waals surface area contributed by atoms with Gasteiger partial charge in [-0.25, -0.2) is 13.1 Å². The van der Waals surface area contributed by atoms with Crippen molar-refractivity contribution in [3.8, 4) is 0 Å². The number of nitrogens with one attached hydrogen (secondary N) is 2. The molecule has 2 N–H and O–H groups in total. The van der Waals surface area contributed by atoms with Crippen molar-refractivity contribution in [2.24, 2.45) is 0 Å². The van der Waals surface area contributed by atoms with Crippen LogP contribution in [0.15, 0.2) is 35.2 Å². The number of rotatable bonds is 4. The number of thiophene rings is 1. The molecule has 1 aliphatic rings. The molecule has 0 radical (unpaired) electrons. The van der Waals surface area contributed by atoms with E-state index in [0.717, 1.165) is 29.1 Å². The van der Waals surface area contributed by atoms with E-state index in [2.05, 4.69) is 10.0 Å². The molecule has 0 saturated heterocycles. The first-order chi connectivity index (χ1) is 9.95. The van der Waals surface area contributed by atoms with Gasteiger partial charge < -0.3 is 5.32 Å². The summed E-state index contributed by atoms with van der Waals surface area (Å²) >= 11 is 7.27. The number of benzene rings is 1. The van der Waals surface area contributed by atoms with Crippen LogP contribution in [-0.2, 0) is 23.1 Å². The minimum atomic E-state index is -3.53. The predicted octanol–water partition coefficient (Wildman–Crippen LogP) is 3.04. The maximum absolute atomic E-state index is 12.5. The Kier molecular flexibility index (Phi) is 4.07. The minimum absolute atomic E-state index is 0.305. The van der Waals surface area contributed by atoms with Crippen LogP contribution in [0.4, 0.5) is 0 Å². The predicted molar refractivity (Wildman–Crippen MR) is 85.1 cm³/mol. The van der Waals surface area contributed by atoms with Crippen molar-refractivity contribution in [3.63, 3.8) is 0 Å². The van der Waals surface area contributed by atoms with E-state index in [1.165, 1.54) is 11.3 Å². The standard InChI is InChI=1S/C14H15ClN2O2S2/c1-9(13-4-5-14(15)20-13)17-21(18,19)12-3-2-10-7-16-8-11(10)6-12/h2-6,9,16-17H,7-8H2,1H3. The molecule has 1 atom stereocenters. The van der Waals surface area contributed by atoms with Gasteiger partial charge in [-0.2, -0.15) is 0 Å². The monoisotopic (exact) mass is 342 g/mol. The number of halogens is 1. The van der Waals surface area contributed by atoms with Gasteiger partial charge in [-0.3, -0.25) is 0 Å². The smallest absolute Gasteiger partial charge is 0.241 e. The van der Waals surface area contributed by atoms with Crippen molar-refractivity contribution in [1.29, 1.82) is 0 Å². The van der Waals surface area contributed by atoms with Gasteiger partial charge >= 0.3 is 0 Å². The van der Waals surface area contributed by atoms with Gasteiger partial charge in [0.05, 0.1) is 15.3 Å². The lowest BCUT2D eigenvalue weighted by Crippen LogP contribution is -2.26. The zero-order chi connectivity index (χ0) is 15.0. The Morgan fingerprint density at radius 3 is 2.71 bits per heavy atom. The molecule has 2 aromatic rings. The SMILES string of the molecule is CC(NS(=O)(=O)c1ccc2c(c1)CNC2)c1ccc(Cl)s1. The van der Waals surface area contributed by atoms with Crippen molar-refractivity contribution in [2.75, 3.05) is 0 Å². The van der Waals surface area contributed by atoms with Gasteiger partial charge in [-0.05, 0) is 42.3 Å². The summed E-state index contributed by atoms with van der Waals surface area (Å²) in [6.45, 7) is 3.33.